The SMILES string of the molecule is CNc1cc([C@H]2CCCN(C(=O)COc3ccccc3F)C2)ccn1. The molecule has 0 bridgehead atoms. The molecule has 1 fully saturated rings. The Morgan fingerprint density at radius 1 is 1.40 bits per heavy atom. The number of nitrogens with one attached hydrogen (secondary N) is 1. The summed E-state index contributed by atoms with van der Waals surface area (Å²) in [6.07, 6.45) is 3.75. The minimum absolute atomic E-state index is 0.109. The molecule has 1 aliphatic rings. The van der Waals surface area contributed by atoms with E-state index < -0.39 is 5.82 Å². The molecule has 1 saturated heterocycles. The third kappa shape index (κ3) is 4.26. The van der Waals surface area contributed by atoms with Crippen LogP contribution in [0.2, 0.25) is 0 Å². The fourth-order valence-electron chi connectivity index (χ4n) is 3.11. The second-order valence-electron chi connectivity index (χ2n) is 6.12. The highest BCUT2D eigenvalue weighted by molar-refractivity contribution is 5.78. The summed E-state index contributed by atoms with van der Waals surface area (Å²) in [7, 11) is 1.84. The molecule has 2 aromatic rings. The second-order valence-corrected chi connectivity index (χ2v) is 6.12. The average Bonchev–Trinajstić information content (AvgIpc) is 2.67. The fourth-order valence-corrected chi connectivity index (χ4v) is 3.11. The van der Waals surface area contributed by atoms with Gasteiger partial charge in [-0.2, -0.15) is 0 Å². The van der Waals surface area contributed by atoms with Crippen LogP contribution in [0.3, 0.4) is 0 Å². The van der Waals surface area contributed by atoms with Crippen LogP contribution in [0, 0.1) is 5.82 Å². The molecule has 0 aliphatic carbocycles. The first-order valence-corrected chi connectivity index (χ1v) is 8.46. The molecule has 0 radical (unpaired) electrons. The predicted molar refractivity (Wildman–Crippen MR) is 94.2 cm³/mol. The van der Waals surface area contributed by atoms with E-state index in [0.717, 1.165) is 18.7 Å². The molecule has 1 aromatic heterocycles. The number of anilines is 1. The molecule has 1 amide bonds. The lowest BCUT2D eigenvalue weighted by atomic mass is 9.91. The molecule has 1 aliphatic heterocycles. The second kappa shape index (κ2) is 7.96. The first-order valence-electron chi connectivity index (χ1n) is 8.46. The van der Waals surface area contributed by atoms with Crippen LogP contribution >= 0.6 is 0 Å². The summed E-state index contributed by atoms with van der Waals surface area (Å²) >= 11 is 0. The van der Waals surface area contributed by atoms with E-state index in [0.29, 0.717) is 13.1 Å². The lowest BCUT2D eigenvalue weighted by Gasteiger charge is -2.33. The third-order valence-electron chi connectivity index (χ3n) is 4.47. The van der Waals surface area contributed by atoms with Gasteiger partial charge in [0, 0.05) is 32.3 Å². The monoisotopic (exact) mass is 343 g/mol. The lowest BCUT2D eigenvalue weighted by Crippen LogP contribution is -2.41. The number of aromatic nitrogens is 1. The zero-order chi connectivity index (χ0) is 17.6. The van der Waals surface area contributed by atoms with Gasteiger partial charge in [-0.15, -0.1) is 0 Å². The number of benzene rings is 1. The number of ether oxygens (including phenoxy) is 1. The van der Waals surface area contributed by atoms with E-state index in [1.807, 2.05) is 19.2 Å². The van der Waals surface area contributed by atoms with Gasteiger partial charge in [-0.3, -0.25) is 4.79 Å². The number of likely N-dealkylation sites (tertiary alicyclic amines) is 1. The van der Waals surface area contributed by atoms with Crippen molar-refractivity contribution in [3.63, 3.8) is 0 Å². The first kappa shape index (κ1) is 17.2. The standard InChI is InChI=1S/C19H22FN3O2/c1-21-18-11-14(8-9-22-18)15-5-4-10-23(12-15)19(24)13-25-17-7-3-2-6-16(17)20/h2-3,6-9,11,15H,4-5,10,12-13H2,1H3,(H,21,22)/t15-/m0/s1. The highest BCUT2D eigenvalue weighted by atomic mass is 19.1. The number of carbonyl (C=O) groups is 1. The van der Waals surface area contributed by atoms with E-state index in [2.05, 4.69) is 10.3 Å². The van der Waals surface area contributed by atoms with Crippen molar-refractivity contribution in [2.24, 2.45) is 0 Å². The third-order valence-corrected chi connectivity index (χ3v) is 4.47. The van der Waals surface area contributed by atoms with E-state index in [4.69, 9.17) is 4.74 Å². The summed E-state index contributed by atoms with van der Waals surface area (Å²) in [5.74, 6) is 0.640. The van der Waals surface area contributed by atoms with Crippen molar-refractivity contribution in [2.45, 2.75) is 18.8 Å². The van der Waals surface area contributed by atoms with Gasteiger partial charge in [0.1, 0.15) is 5.82 Å². The van der Waals surface area contributed by atoms with Crippen molar-refractivity contribution in [1.29, 1.82) is 0 Å². The molecule has 0 unspecified atom stereocenters. The highest BCUT2D eigenvalue weighted by Gasteiger charge is 2.25. The summed E-state index contributed by atoms with van der Waals surface area (Å²) in [6, 6.07) is 10.1. The Morgan fingerprint density at radius 2 is 2.24 bits per heavy atom. The average molecular weight is 343 g/mol. The fraction of sp³-hybridized carbons (Fsp3) is 0.368. The highest BCUT2D eigenvalue weighted by Crippen LogP contribution is 2.28. The molecule has 1 N–H and O–H groups in total. The molecule has 25 heavy (non-hydrogen) atoms. The first-order chi connectivity index (χ1) is 12.2. The summed E-state index contributed by atoms with van der Waals surface area (Å²) in [5, 5.41) is 3.04. The molecule has 1 aromatic carbocycles. The van der Waals surface area contributed by atoms with Crippen LogP contribution in [0.5, 0.6) is 5.75 Å². The maximum atomic E-state index is 13.6. The summed E-state index contributed by atoms with van der Waals surface area (Å²) in [4.78, 5) is 18.5. The van der Waals surface area contributed by atoms with Gasteiger partial charge >= 0.3 is 0 Å². The number of piperidine rings is 1. The van der Waals surface area contributed by atoms with Crippen LogP contribution in [-0.2, 0) is 4.79 Å². The van der Waals surface area contributed by atoms with Crippen molar-refractivity contribution in [1.82, 2.24) is 9.88 Å². The van der Waals surface area contributed by atoms with Gasteiger partial charge in [0.25, 0.3) is 5.91 Å². The van der Waals surface area contributed by atoms with E-state index in [1.54, 1.807) is 23.2 Å². The van der Waals surface area contributed by atoms with Gasteiger partial charge in [-0.05, 0) is 42.7 Å². The molecule has 0 saturated carbocycles. The van der Waals surface area contributed by atoms with E-state index in [9.17, 15) is 9.18 Å². The lowest BCUT2D eigenvalue weighted by molar-refractivity contribution is -0.134. The molecule has 1 atom stereocenters. The number of halogens is 1. The largest absolute Gasteiger partial charge is 0.481 e. The van der Waals surface area contributed by atoms with Crippen molar-refractivity contribution < 1.29 is 13.9 Å². The zero-order valence-electron chi connectivity index (χ0n) is 14.2. The number of amides is 1. The summed E-state index contributed by atoms with van der Waals surface area (Å²) in [5.41, 5.74) is 1.17. The molecular weight excluding hydrogens is 321 g/mol. The number of para-hydroxylation sites is 1. The van der Waals surface area contributed by atoms with Gasteiger partial charge in [-0.25, -0.2) is 9.37 Å². The summed E-state index contributed by atoms with van der Waals surface area (Å²) in [6.45, 7) is 1.21. The smallest absolute Gasteiger partial charge is 0.260 e. The van der Waals surface area contributed by atoms with Crippen molar-refractivity contribution in [2.75, 3.05) is 32.1 Å². The van der Waals surface area contributed by atoms with E-state index in [1.165, 1.54) is 17.7 Å². The number of hydrogen-bond acceptors (Lipinski definition) is 4. The van der Waals surface area contributed by atoms with Crippen LogP contribution in [0.15, 0.2) is 42.6 Å². The number of pyridine rings is 1. The Balaban J connectivity index is 1.60. The molecule has 0 spiro atoms. The summed E-state index contributed by atoms with van der Waals surface area (Å²) < 4.78 is 18.9. The molecule has 6 heteroatoms. The quantitative estimate of drug-likeness (QED) is 0.907. The molecule has 132 valence electrons. The topological polar surface area (TPSA) is 54.5 Å². The Hall–Kier alpha value is -2.63. The van der Waals surface area contributed by atoms with Crippen LogP contribution in [0.4, 0.5) is 10.2 Å². The number of rotatable bonds is 5. The minimum Gasteiger partial charge on any atom is -0.481 e. The minimum atomic E-state index is -0.455. The van der Waals surface area contributed by atoms with Gasteiger partial charge in [-0.1, -0.05) is 12.1 Å². The molecule has 3 rings (SSSR count). The number of nitrogens with zero attached hydrogens (tertiary/aromatic N) is 2. The van der Waals surface area contributed by atoms with Crippen LogP contribution in [-0.4, -0.2) is 42.5 Å². The van der Waals surface area contributed by atoms with Crippen LogP contribution < -0.4 is 10.1 Å². The Morgan fingerprint density at radius 3 is 3.04 bits per heavy atom. The predicted octanol–water partition coefficient (Wildman–Crippen LogP) is 3.05. The molecule has 5 nitrogen and oxygen atoms in total. The van der Waals surface area contributed by atoms with Crippen LogP contribution in [0.1, 0.15) is 24.3 Å². The van der Waals surface area contributed by atoms with E-state index in [-0.39, 0.29) is 24.2 Å². The van der Waals surface area contributed by atoms with Gasteiger partial charge in [0.15, 0.2) is 18.2 Å². The normalized spacial score (nSPS) is 17.2. The van der Waals surface area contributed by atoms with Crippen molar-refractivity contribution in [3.05, 3.63) is 54.0 Å². The molecule has 2 heterocycles. The molecular formula is C19H22FN3O2. The number of hydrogen-bond donors (Lipinski definition) is 1. The van der Waals surface area contributed by atoms with Crippen molar-refractivity contribution >= 4 is 11.7 Å². The number of carbonyl (C=O) groups excluding carboxylic acids is 1. The maximum absolute atomic E-state index is 13.6. The van der Waals surface area contributed by atoms with Crippen molar-refractivity contribution in [3.8, 4) is 5.75 Å². The maximum Gasteiger partial charge on any atom is 0.260 e. The van der Waals surface area contributed by atoms with E-state index >= 15 is 0 Å². The Bertz CT molecular complexity index is 738. The zero-order valence-corrected chi connectivity index (χ0v) is 14.2. The Kier molecular flexibility index (Phi) is 5.48. The van der Waals surface area contributed by atoms with Gasteiger partial charge in [0.05, 0.1) is 0 Å². The Labute approximate surface area is 146 Å². The van der Waals surface area contributed by atoms with Gasteiger partial charge in [0.2, 0.25) is 0 Å². The van der Waals surface area contributed by atoms with Gasteiger partial charge < -0.3 is 15.0 Å². The van der Waals surface area contributed by atoms with Crippen LogP contribution in [0.25, 0.3) is 0 Å².